The van der Waals surface area contributed by atoms with Gasteiger partial charge in [-0.2, -0.15) is 10.1 Å². The molecule has 1 aromatic carbocycles. The lowest BCUT2D eigenvalue weighted by Crippen LogP contribution is -2.47. The van der Waals surface area contributed by atoms with Crippen LogP contribution in [0.1, 0.15) is 26.3 Å². The van der Waals surface area contributed by atoms with E-state index in [1.54, 1.807) is 6.20 Å². The Morgan fingerprint density at radius 3 is 2.61 bits per heavy atom. The van der Waals surface area contributed by atoms with Crippen molar-refractivity contribution >= 4 is 28.6 Å². The van der Waals surface area contributed by atoms with Gasteiger partial charge in [0.15, 0.2) is 5.65 Å². The number of benzene rings is 1. The van der Waals surface area contributed by atoms with Crippen LogP contribution in [-0.2, 0) is 12.1 Å². The average molecular weight is 401 g/mol. The van der Waals surface area contributed by atoms with E-state index in [-0.39, 0.29) is 11.1 Å². The summed E-state index contributed by atoms with van der Waals surface area (Å²) in [5.41, 5.74) is 1.46. The summed E-state index contributed by atoms with van der Waals surface area (Å²) in [7, 11) is 0. The van der Waals surface area contributed by atoms with Crippen molar-refractivity contribution in [1.82, 2.24) is 24.6 Å². The summed E-state index contributed by atoms with van der Waals surface area (Å²) in [5.74, 6) is 0.617. The summed E-state index contributed by atoms with van der Waals surface area (Å²) in [6.07, 6.45) is 1.60. The number of piperazine rings is 1. The van der Waals surface area contributed by atoms with Crippen LogP contribution in [0.3, 0.4) is 0 Å². The summed E-state index contributed by atoms with van der Waals surface area (Å²) in [4.78, 5) is 24.7. The molecule has 28 heavy (non-hydrogen) atoms. The van der Waals surface area contributed by atoms with Crippen LogP contribution in [-0.4, -0.2) is 50.8 Å². The summed E-state index contributed by atoms with van der Waals surface area (Å²) in [6, 6.07) is 7.98. The molecule has 1 fully saturated rings. The molecule has 1 aliphatic rings. The molecular formula is C20H25ClN6O. The number of H-pyrrole nitrogens is 1. The molecule has 0 radical (unpaired) electrons. The van der Waals surface area contributed by atoms with E-state index in [4.69, 9.17) is 16.6 Å². The van der Waals surface area contributed by atoms with Crippen LogP contribution in [0.15, 0.2) is 35.3 Å². The molecule has 4 rings (SSSR count). The third-order valence-corrected chi connectivity index (χ3v) is 5.26. The highest BCUT2D eigenvalue weighted by molar-refractivity contribution is 6.30. The Kier molecular flexibility index (Phi) is 4.89. The molecule has 2 aromatic heterocycles. The molecule has 0 saturated carbocycles. The fourth-order valence-corrected chi connectivity index (χ4v) is 3.77. The predicted molar refractivity (Wildman–Crippen MR) is 112 cm³/mol. The van der Waals surface area contributed by atoms with Gasteiger partial charge in [0.2, 0.25) is 5.95 Å². The monoisotopic (exact) mass is 400 g/mol. The third-order valence-electron chi connectivity index (χ3n) is 5.03. The van der Waals surface area contributed by atoms with E-state index in [1.165, 1.54) is 5.56 Å². The van der Waals surface area contributed by atoms with Crippen LogP contribution >= 0.6 is 11.6 Å². The predicted octanol–water partition coefficient (Wildman–Crippen LogP) is 2.85. The highest BCUT2D eigenvalue weighted by Crippen LogP contribution is 2.21. The first kappa shape index (κ1) is 19.0. The lowest BCUT2D eigenvalue weighted by Gasteiger charge is -2.35. The molecule has 0 unspecified atom stereocenters. The maximum atomic E-state index is 12.5. The van der Waals surface area contributed by atoms with Gasteiger partial charge in [-0.25, -0.2) is 4.68 Å². The summed E-state index contributed by atoms with van der Waals surface area (Å²) in [6.45, 7) is 10.4. The molecule has 0 bridgehead atoms. The Morgan fingerprint density at radius 1 is 1.18 bits per heavy atom. The smallest absolute Gasteiger partial charge is 0.263 e. The van der Waals surface area contributed by atoms with Gasteiger partial charge in [-0.15, -0.1) is 0 Å². The van der Waals surface area contributed by atoms with Gasteiger partial charge in [-0.1, -0.05) is 23.7 Å². The Balaban J connectivity index is 1.51. The largest absolute Gasteiger partial charge is 0.340 e. The van der Waals surface area contributed by atoms with Crippen molar-refractivity contribution in [1.29, 1.82) is 0 Å². The van der Waals surface area contributed by atoms with Gasteiger partial charge < -0.3 is 4.90 Å². The lowest BCUT2D eigenvalue weighted by molar-refractivity contribution is 0.248. The summed E-state index contributed by atoms with van der Waals surface area (Å²) < 4.78 is 1.82. The van der Waals surface area contributed by atoms with E-state index in [1.807, 2.05) is 22.9 Å². The molecule has 7 nitrogen and oxygen atoms in total. The van der Waals surface area contributed by atoms with Crippen LogP contribution in [0.5, 0.6) is 0 Å². The second-order valence-corrected chi connectivity index (χ2v) is 8.68. The zero-order valence-corrected chi connectivity index (χ0v) is 17.2. The zero-order valence-electron chi connectivity index (χ0n) is 16.4. The third kappa shape index (κ3) is 3.77. The highest BCUT2D eigenvalue weighted by Gasteiger charge is 2.23. The van der Waals surface area contributed by atoms with Crippen molar-refractivity contribution in [3.8, 4) is 0 Å². The molecule has 1 saturated heterocycles. The molecule has 0 aliphatic carbocycles. The first-order chi connectivity index (χ1) is 13.3. The van der Waals surface area contributed by atoms with Gasteiger partial charge in [0.1, 0.15) is 5.39 Å². The summed E-state index contributed by atoms with van der Waals surface area (Å²) in [5, 5.41) is 5.67. The maximum absolute atomic E-state index is 12.5. The number of nitrogens with zero attached hydrogens (tertiary/aromatic N) is 5. The average Bonchev–Trinajstić information content (AvgIpc) is 3.07. The van der Waals surface area contributed by atoms with E-state index in [0.29, 0.717) is 17.0 Å². The Bertz CT molecular complexity index is 1040. The molecule has 0 spiro atoms. The fraction of sp³-hybridized carbons (Fsp3) is 0.450. The van der Waals surface area contributed by atoms with Gasteiger partial charge in [-0.3, -0.25) is 14.7 Å². The van der Waals surface area contributed by atoms with Gasteiger partial charge in [0.05, 0.1) is 11.7 Å². The molecule has 148 valence electrons. The fourth-order valence-electron chi connectivity index (χ4n) is 3.56. The Morgan fingerprint density at radius 2 is 1.93 bits per heavy atom. The number of rotatable bonds is 3. The van der Waals surface area contributed by atoms with Crippen molar-refractivity contribution in [2.24, 2.45) is 0 Å². The topological polar surface area (TPSA) is 70.1 Å². The molecule has 3 aromatic rings. The maximum Gasteiger partial charge on any atom is 0.263 e. The molecule has 0 atom stereocenters. The second-order valence-electron chi connectivity index (χ2n) is 8.25. The van der Waals surface area contributed by atoms with Crippen molar-refractivity contribution in [3.63, 3.8) is 0 Å². The number of fused-ring (bicyclic) bond motifs is 1. The molecule has 1 aliphatic heterocycles. The van der Waals surface area contributed by atoms with Crippen molar-refractivity contribution < 1.29 is 0 Å². The van der Waals surface area contributed by atoms with Gasteiger partial charge in [0.25, 0.3) is 5.56 Å². The van der Waals surface area contributed by atoms with Gasteiger partial charge in [0, 0.05) is 37.7 Å². The van der Waals surface area contributed by atoms with E-state index in [2.05, 4.69) is 46.7 Å². The number of halogens is 1. The molecule has 3 heterocycles. The number of aromatic amines is 1. The first-order valence-corrected chi connectivity index (χ1v) is 9.89. The van der Waals surface area contributed by atoms with Crippen LogP contribution in [0.25, 0.3) is 11.0 Å². The van der Waals surface area contributed by atoms with E-state index >= 15 is 0 Å². The molecular weight excluding hydrogens is 376 g/mol. The second kappa shape index (κ2) is 7.22. The minimum Gasteiger partial charge on any atom is -0.340 e. The molecule has 8 heteroatoms. The molecule has 1 N–H and O–H groups in total. The van der Waals surface area contributed by atoms with Crippen LogP contribution in [0.4, 0.5) is 5.95 Å². The Hall–Kier alpha value is -2.38. The van der Waals surface area contributed by atoms with Crippen molar-refractivity contribution in [3.05, 3.63) is 51.4 Å². The van der Waals surface area contributed by atoms with E-state index in [9.17, 15) is 4.79 Å². The Labute approximate surface area is 168 Å². The highest BCUT2D eigenvalue weighted by atomic mass is 35.5. The number of nitrogens with one attached hydrogen (secondary N) is 1. The number of anilines is 1. The minimum absolute atomic E-state index is 0.142. The van der Waals surface area contributed by atoms with E-state index in [0.717, 1.165) is 37.7 Å². The number of hydrogen-bond acceptors (Lipinski definition) is 5. The molecule has 0 amide bonds. The van der Waals surface area contributed by atoms with Crippen molar-refractivity contribution in [2.45, 2.75) is 32.9 Å². The quantitative estimate of drug-likeness (QED) is 0.732. The van der Waals surface area contributed by atoms with Gasteiger partial charge >= 0.3 is 0 Å². The van der Waals surface area contributed by atoms with Crippen LogP contribution in [0, 0.1) is 0 Å². The first-order valence-electron chi connectivity index (χ1n) is 9.51. The SMILES string of the molecule is CC(C)(C)n1ncc2c(=O)[nH]c(N3CCN(Cc4cccc(Cl)c4)CC3)nc21. The van der Waals surface area contributed by atoms with Gasteiger partial charge in [-0.05, 0) is 38.5 Å². The number of hydrogen-bond donors (Lipinski definition) is 1. The summed E-state index contributed by atoms with van der Waals surface area (Å²) >= 11 is 6.09. The van der Waals surface area contributed by atoms with Crippen LogP contribution in [0.2, 0.25) is 5.02 Å². The van der Waals surface area contributed by atoms with Crippen LogP contribution < -0.4 is 10.5 Å². The van der Waals surface area contributed by atoms with Crippen molar-refractivity contribution in [2.75, 3.05) is 31.1 Å². The van der Waals surface area contributed by atoms with E-state index < -0.39 is 0 Å². The normalized spacial score (nSPS) is 16.1. The zero-order chi connectivity index (χ0) is 19.9. The standard InChI is InChI=1S/C20H25ClN6O/c1-20(2,3)27-17-16(12-22-27)18(28)24-19(23-17)26-9-7-25(8-10-26)13-14-5-4-6-15(21)11-14/h4-6,11-12H,7-10,13H2,1-3H3,(H,23,24,28). The number of aromatic nitrogens is 4. The minimum atomic E-state index is -0.241. The lowest BCUT2D eigenvalue weighted by atomic mass is 10.1.